The number of aromatic nitrogens is 1. The molecule has 0 unspecified atom stereocenters. The molecule has 138 valence electrons. The summed E-state index contributed by atoms with van der Waals surface area (Å²) in [6.07, 6.45) is 4.40. The van der Waals surface area contributed by atoms with Crippen LogP contribution in [0.3, 0.4) is 0 Å². The van der Waals surface area contributed by atoms with Crippen LogP contribution in [0, 0.1) is 6.92 Å². The van der Waals surface area contributed by atoms with Gasteiger partial charge in [0.25, 0.3) is 5.91 Å². The Kier molecular flexibility index (Phi) is 6.61. The van der Waals surface area contributed by atoms with Gasteiger partial charge in [0.1, 0.15) is 5.69 Å². The molecule has 1 aliphatic rings. The summed E-state index contributed by atoms with van der Waals surface area (Å²) in [4.78, 5) is 41.2. The molecule has 1 N–H and O–H groups in total. The summed E-state index contributed by atoms with van der Waals surface area (Å²) in [7, 11) is 1.31. The number of ether oxygens (including phenoxy) is 2. The van der Waals surface area contributed by atoms with Crippen molar-refractivity contribution in [3.05, 3.63) is 22.5 Å². The molecule has 0 radical (unpaired) electrons. The summed E-state index contributed by atoms with van der Waals surface area (Å²) in [5, 5.41) is 0. The van der Waals surface area contributed by atoms with Gasteiger partial charge < -0.3 is 19.4 Å². The van der Waals surface area contributed by atoms with Crippen molar-refractivity contribution < 1.29 is 23.9 Å². The van der Waals surface area contributed by atoms with E-state index in [1.807, 2.05) is 6.92 Å². The fraction of sp³-hybridized carbons (Fsp3) is 0.611. The Balaban J connectivity index is 2.10. The summed E-state index contributed by atoms with van der Waals surface area (Å²) in [6, 6.07) is 0. The van der Waals surface area contributed by atoms with E-state index in [4.69, 9.17) is 9.47 Å². The van der Waals surface area contributed by atoms with Crippen molar-refractivity contribution in [2.45, 2.75) is 46.0 Å². The fourth-order valence-corrected chi connectivity index (χ4v) is 3.16. The largest absolute Gasteiger partial charge is 0.465 e. The minimum atomic E-state index is -0.618. The Morgan fingerprint density at radius 3 is 2.40 bits per heavy atom. The molecule has 0 atom stereocenters. The highest BCUT2D eigenvalue weighted by atomic mass is 16.5. The lowest BCUT2D eigenvalue weighted by atomic mass is 10.0. The molecule has 0 saturated carbocycles. The maximum absolute atomic E-state index is 12.4. The number of aryl methyl sites for hydroxylation is 1. The van der Waals surface area contributed by atoms with Crippen molar-refractivity contribution in [1.29, 1.82) is 0 Å². The Morgan fingerprint density at radius 2 is 1.80 bits per heavy atom. The van der Waals surface area contributed by atoms with Crippen molar-refractivity contribution in [1.82, 2.24) is 9.88 Å². The van der Waals surface area contributed by atoms with E-state index in [9.17, 15) is 14.4 Å². The Morgan fingerprint density at radius 1 is 1.12 bits per heavy atom. The lowest BCUT2D eigenvalue weighted by Gasteiger charge is -2.26. The number of carbonyl (C=O) groups is 3. The summed E-state index contributed by atoms with van der Waals surface area (Å²) in [5.74, 6) is -1.28. The van der Waals surface area contributed by atoms with Gasteiger partial charge in [0.2, 0.25) is 0 Å². The number of likely N-dealkylation sites (tertiary alicyclic amines) is 1. The predicted octanol–water partition coefficient (Wildman–Crippen LogP) is 2.23. The second kappa shape index (κ2) is 8.69. The summed E-state index contributed by atoms with van der Waals surface area (Å²) < 4.78 is 10.0. The van der Waals surface area contributed by atoms with Crippen LogP contribution >= 0.6 is 0 Å². The molecule has 1 aromatic rings. The van der Waals surface area contributed by atoms with E-state index in [0.717, 1.165) is 25.7 Å². The minimum absolute atomic E-state index is 0.179. The summed E-state index contributed by atoms with van der Waals surface area (Å²) in [5.41, 5.74) is 1.75. The van der Waals surface area contributed by atoms with Gasteiger partial charge in [-0.25, -0.2) is 9.59 Å². The first kappa shape index (κ1) is 19.0. The number of nitrogens with one attached hydrogen (secondary N) is 1. The van der Waals surface area contributed by atoms with Crippen molar-refractivity contribution in [3.8, 4) is 0 Å². The molecule has 0 aliphatic carbocycles. The number of esters is 2. The number of H-pyrrole nitrogens is 1. The monoisotopic (exact) mass is 350 g/mol. The predicted molar refractivity (Wildman–Crippen MR) is 91.6 cm³/mol. The maximum Gasteiger partial charge on any atom is 0.355 e. The first-order chi connectivity index (χ1) is 12.0. The first-order valence-electron chi connectivity index (χ1n) is 8.74. The van der Waals surface area contributed by atoms with E-state index in [1.54, 1.807) is 11.8 Å². The number of nitrogens with zero attached hydrogens (tertiary/aromatic N) is 1. The zero-order valence-corrected chi connectivity index (χ0v) is 15.1. The molecule has 2 heterocycles. The molecule has 1 fully saturated rings. The van der Waals surface area contributed by atoms with Crippen LogP contribution in [0.25, 0.3) is 0 Å². The lowest BCUT2D eigenvalue weighted by molar-refractivity contribution is -0.135. The standard InChI is InChI=1S/C18H26N2O5/c1-4-8-13-15(17(22)24-3)12(2)19-16(13)18(23)25-11-14(21)20-9-6-5-7-10-20/h19H,4-11H2,1-3H3. The quantitative estimate of drug-likeness (QED) is 0.795. The molecule has 1 amide bonds. The van der Waals surface area contributed by atoms with Crippen LogP contribution in [-0.4, -0.2) is 54.5 Å². The maximum atomic E-state index is 12.4. The van der Waals surface area contributed by atoms with Gasteiger partial charge in [-0.05, 0) is 38.2 Å². The number of amides is 1. The van der Waals surface area contributed by atoms with Crippen LogP contribution in [0.15, 0.2) is 0 Å². The SMILES string of the molecule is CCCc1c(C(=O)OCC(=O)N2CCCCC2)[nH]c(C)c1C(=O)OC. The van der Waals surface area contributed by atoms with Gasteiger partial charge in [-0.2, -0.15) is 0 Å². The van der Waals surface area contributed by atoms with E-state index >= 15 is 0 Å². The van der Waals surface area contributed by atoms with Gasteiger partial charge in [-0.3, -0.25) is 4.79 Å². The van der Waals surface area contributed by atoms with Gasteiger partial charge >= 0.3 is 11.9 Å². The third kappa shape index (κ3) is 4.41. The molecule has 1 aromatic heterocycles. The van der Waals surface area contributed by atoms with Crippen LogP contribution in [0.4, 0.5) is 0 Å². The molecule has 0 bridgehead atoms. The van der Waals surface area contributed by atoms with Crippen LogP contribution in [0.2, 0.25) is 0 Å². The third-order valence-electron chi connectivity index (χ3n) is 4.42. The number of hydrogen-bond acceptors (Lipinski definition) is 5. The summed E-state index contributed by atoms with van der Waals surface area (Å²) >= 11 is 0. The smallest absolute Gasteiger partial charge is 0.355 e. The highest BCUT2D eigenvalue weighted by molar-refractivity contribution is 5.99. The number of methoxy groups -OCH3 is 1. The molecule has 25 heavy (non-hydrogen) atoms. The Bertz CT molecular complexity index is 644. The molecule has 0 aromatic carbocycles. The molecule has 2 rings (SSSR count). The molecule has 1 saturated heterocycles. The number of rotatable bonds is 6. The molecule has 0 spiro atoms. The van der Waals surface area contributed by atoms with Gasteiger partial charge in [-0.15, -0.1) is 0 Å². The molecular formula is C18H26N2O5. The highest BCUT2D eigenvalue weighted by Gasteiger charge is 2.26. The molecular weight excluding hydrogens is 324 g/mol. The highest BCUT2D eigenvalue weighted by Crippen LogP contribution is 2.22. The first-order valence-corrected chi connectivity index (χ1v) is 8.74. The van der Waals surface area contributed by atoms with Gasteiger partial charge in [0.15, 0.2) is 6.61 Å². The number of hydrogen-bond donors (Lipinski definition) is 1. The minimum Gasteiger partial charge on any atom is -0.465 e. The van der Waals surface area contributed by atoms with Crippen LogP contribution < -0.4 is 0 Å². The van der Waals surface area contributed by atoms with Crippen molar-refractivity contribution in [2.24, 2.45) is 0 Å². The second-order valence-corrected chi connectivity index (χ2v) is 6.24. The summed E-state index contributed by atoms with van der Waals surface area (Å²) in [6.45, 7) is 4.81. The number of carbonyl (C=O) groups excluding carboxylic acids is 3. The van der Waals surface area contributed by atoms with E-state index < -0.39 is 11.9 Å². The second-order valence-electron chi connectivity index (χ2n) is 6.24. The van der Waals surface area contributed by atoms with E-state index in [0.29, 0.717) is 36.3 Å². The topological polar surface area (TPSA) is 88.7 Å². The average molecular weight is 350 g/mol. The van der Waals surface area contributed by atoms with E-state index in [-0.39, 0.29) is 18.2 Å². The normalized spacial score (nSPS) is 14.3. The fourth-order valence-electron chi connectivity index (χ4n) is 3.16. The third-order valence-corrected chi connectivity index (χ3v) is 4.42. The van der Waals surface area contributed by atoms with Gasteiger partial charge in [0.05, 0.1) is 12.7 Å². The molecule has 1 aliphatic heterocycles. The Hall–Kier alpha value is -2.31. The van der Waals surface area contributed by atoms with Gasteiger partial charge in [-0.1, -0.05) is 13.3 Å². The van der Waals surface area contributed by atoms with Crippen LogP contribution in [-0.2, 0) is 20.7 Å². The Labute approximate surface area is 147 Å². The molecule has 7 heteroatoms. The number of piperidine rings is 1. The van der Waals surface area contributed by atoms with Crippen LogP contribution in [0.1, 0.15) is 64.7 Å². The zero-order valence-electron chi connectivity index (χ0n) is 15.1. The van der Waals surface area contributed by atoms with Crippen molar-refractivity contribution in [2.75, 3.05) is 26.8 Å². The average Bonchev–Trinajstić information content (AvgIpc) is 2.96. The van der Waals surface area contributed by atoms with E-state index in [2.05, 4.69) is 4.98 Å². The lowest BCUT2D eigenvalue weighted by Crippen LogP contribution is -2.38. The van der Waals surface area contributed by atoms with Crippen LogP contribution in [0.5, 0.6) is 0 Å². The van der Waals surface area contributed by atoms with E-state index in [1.165, 1.54) is 7.11 Å². The number of aromatic amines is 1. The van der Waals surface area contributed by atoms with Gasteiger partial charge in [0, 0.05) is 18.8 Å². The van der Waals surface area contributed by atoms with Crippen molar-refractivity contribution >= 4 is 17.8 Å². The zero-order chi connectivity index (χ0) is 18.4. The van der Waals surface area contributed by atoms with Crippen molar-refractivity contribution in [3.63, 3.8) is 0 Å². The molecule has 7 nitrogen and oxygen atoms in total.